The van der Waals surface area contributed by atoms with Crippen molar-refractivity contribution in [2.24, 2.45) is 5.92 Å². The Hall–Kier alpha value is 0.01000. The van der Waals surface area contributed by atoms with Crippen LogP contribution >= 0.6 is 11.8 Å². The van der Waals surface area contributed by atoms with Crippen LogP contribution in [0.2, 0.25) is 0 Å². The number of ether oxygens (including phenoxy) is 1. The molecular formula is C10H16O2S. The Bertz CT molecular complexity index is 195. The lowest BCUT2D eigenvalue weighted by Crippen LogP contribution is -2.31. The van der Waals surface area contributed by atoms with Crippen LogP contribution < -0.4 is 0 Å². The molecule has 0 aliphatic carbocycles. The van der Waals surface area contributed by atoms with Crippen molar-refractivity contribution in [2.45, 2.75) is 31.2 Å². The second-order valence-corrected chi connectivity index (χ2v) is 4.91. The lowest BCUT2D eigenvalue weighted by molar-refractivity contribution is 0.0116. The topological polar surface area (TPSA) is 29.5 Å². The first-order chi connectivity index (χ1) is 6.33. The molecule has 3 unspecified atom stereocenters. The van der Waals surface area contributed by atoms with Crippen molar-refractivity contribution in [3.8, 4) is 0 Å². The van der Waals surface area contributed by atoms with Crippen molar-refractivity contribution >= 4 is 11.8 Å². The van der Waals surface area contributed by atoms with Crippen LogP contribution in [0.25, 0.3) is 0 Å². The molecule has 74 valence electrons. The number of hydrogen-bond acceptors (Lipinski definition) is 3. The highest BCUT2D eigenvalue weighted by molar-refractivity contribution is 7.99. The summed E-state index contributed by atoms with van der Waals surface area (Å²) in [5.41, 5.74) is 0. The zero-order chi connectivity index (χ0) is 9.26. The first-order valence-corrected chi connectivity index (χ1v) is 6.00. The molecule has 2 saturated heterocycles. The second-order valence-electron chi connectivity index (χ2n) is 3.76. The molecule has 2 aliphatic rings. The van der Waals surface area contributed by atoms with Gasteiger partial charge in [-0.2, -0.15) is 11.8 Å². The SMILES string of the molecule is C=CC[C@H]1OC2CCSCC2C1O. The Morgan fingerprint density at radius 2 is 2.46 bits per heavy atom. The van der Waals surface area contributed by atoms with E-state index in [1.807, 2.05) is 17.8 Å². The van der Waals surface area contributed by atoms with Gasteiger partial charge in [0.05, 0.1) is 18.3 Å². The molecule has 2 nitrogen and oxygen atoms in total. The smallest absolute Gasteiger partial charge is 0.0876 e. The zero-order valence-electron chi connectivity index (χ0n) is 7.69. The van der Waals surface area contributed by atoms with Gasteiger partial charge < -0.3 is 9.84 Å². The third kappa shape index (κ3) is 1.78. The van der Waals surface area contributed by atoms with Crippen LogP contribution in [0.1, 0.15) is 12.8 Å². The normalized spacial score (nSPS) is 44.4. The van der Waals surface area contributed by atoms with Crippen molar-refractivity contribution < 1.29 is 9.84 Å². The van der Waals surface area contributed by atoms with Crippen molar-refractivity contribution in [2.75, 3.05) is 11.5 Å². The van der Waals surface area contributed by atoms with Gasteiger partial charge in [-0.25, -0.2) is 0 Å². The van der Waals surface area contributed by atoms with Crippen molar-refractivity contribution in [1.82, 2.24) is 0 Å². The Kier molecular flexibility index (Phi) is 2.96. The van der Waals surface area contributed by atoms with Gasteiger partial charge in [-0.15, -0.1) is 6.58 Å². The molecule has 1 N–H and O–H groups in total. The van der Waals surface area contributed by atoms with Gasteiger partial charge in [-0.05, 0) is 18.6 Å². The molecular weight excluding hydrogens is 184 g/mol. The summed E-state index contributed by atoms with van der Waals surface area (Å²) in [6, 6.07) is 0. The van der Waals surface area contributed by atoms with E-state index in [9.17, 15) is 5.11 Å². The van der Waals surface area contributed by atoms with Gasteiger partial charge in [0, 0.05) is 11.7 Å². The molecule has 4 atom stereocenters. The molecule has 2 aliphatic heterocycles. The summed E-state index contributed by atoms with van der Waals surface area (Å²) in [6.45, 7) is 3.68. The highest BCUT2D eigenvalue weighted by Gasteiger charge is 2.43. The molecule has 0 aromatic rings. The van der Waals surface area contributed by atoms with Crippen LogP contribution in [0.3, 0.4) is 0 Å². The summed E-state index contributed by atoms with van der Waals surface area (Å²) in [5, 5.41) is 9.93. The summed E-state index contributed by atoms with van der Waals surface area (Å²) in [5.74, 6) is 2.59. The van der Waals surface area contributed by atoms with Gasteiger partial charge in [-0.1, -0.05) is 6.08 Å². The lowest BCUT2D eigenvalue weighted by atomic mass is 9.95. The van der Waals surface area contributed by atoms with E-state index in [-0.39, 0.29) is 12.2 Å². The predicted octanol–water partition coefficient (Wildman–Crippen LogP) is 1.44. The monoisotopic (exact) mass is 200 g/mol. The first kappa shape index (κ1) is 9.56. The van der Waals surface area contributed by atoms with E-state index in [1.165, 1.54) is 5.75 Å². The van der Waals surface area contributed by atoms with E-state index in [0.29, 0.717) is 12.0 Å². The summed E-state index contributed by atoms with van der Waals surface area (Å²) in [7, 11) is 0. The minimum atomic E-state index is -0.268. The van der Waals surface area contributed by atoms with E-state index in [4.69, 9.17) is 4.74 Å². The van der Waals surface area contributed by atoms with Crippen LogP contribution in [-0.4, -0.2) is 34.9 Å². The molecule has 3 heteroatoms. The summed E-state index contributed by atoms with van der Waals surface area (Å²) in [6.07, 6.45) is 3.75. The fourth-order valence-corrected chi connectivity index (χ4v) is 3.42. The van der Waals surface area contributed by atoms with E-state index in [1.54, 1.807) is 0 Å². The van der Waals surface area contributed by atoms with Gasteiger partial charge in [0.25, 0.3) is 0 Å². The molecule has 0 saturated carbocycles. The first-order valence-electron chi connectivity index (χ1n) is 4.85. The average Bonchev–Trinajstić information content (AvgIpc) is 2.46. The maximum absolute atomic E-state index is 9.93. The van der Waals surface area contributed by atoms with Crippen LogP contribution in [-0.2, 0) is 4.74 Å². The van der Waals surface area contributed by atoms with Crippen LogP contribution in [0.5, 0.6) is 0 Å². The molecule has 0 aromatic carbocycles. The lowest BCUT2D eigenvalue weighted by Gasteiger charge is -2.24. The average molecular weight is 200 g/mol. The third-order valence-electron chi connectivity index (χ3n) is 2.90. The molecule has 2 heterocycles. The zero-order valence-corrected chi connectivity index (χ0v) is 8.50. The van der Waals surface area contributed by atoms with Gasteiger partial charge in [0.2, 0.25) is 0 Å². The maximum atomic E-state index is 9.93. The number of hydrogen-bond donors (Lipinski definition) is 1. The second kappa shape index (κ2) is 4.03. The van der Waals surface area contributed by atoms with Crippen LogP contribution in [0, 0.1) is 5.92 Å². The Labute approximate surface area is 83.4 Å². The summed E-state index contributed by atoms with van der Waals surface area (Å²) in [4.78, 5) is 0. The standard InChI is InChI=1S/C10H16O2S/c1-2-3-9-10(11)7-6-13-5-4-8(7)12-9/h2,7-11H,1,3-6H2/t7?,8?,9-,10?/m1/s1. The number of rotatable bonds is 2. The Balaban J connectivity index is 2.00. The molecule has 0 aromatic heterocycles. The third-order valence-corrected chi connectivity index (χ3v) is 4.05. The van der Waals surface area contributed by atoms with Crippen molar-refractivity contribution in [3.63, 3.8) is 0 Å². The molecule has 0 radical (unpaired) electrons. The fourth-order valence-electron chi connectivity index (χ4n) is 2.17. The van der Waals surface area contributed by atoms with E-state index >= 15 is 0 Å². The number of thioether (sulfide) groups is 1. The highest BCUT2D eigenvalue weighted by Crippen LogP contribution is 2.37. The molecule has 0 bridgehead atoms. The summed E-state index contributed by atoms with van der Waals surface area (Å²) < 4.78 is 5.78. The highest BCUT2D eigenvalue weighted by atomic mass is 32.2. The molecule has 2 fully saturated rings. The minimum Gasteiger partial charge on any atom is -0.390 e. The maximum Gasteiger partial charge on any atom is 0.0876 e. The number of aliphatic hydroxyl groups excluding tert-OH is 1. The largest absolute Gasteiger partial charge is 0.390 e. The number of aliphatic hydroxyl groups is 1. The quantitative estimate of drug-likeness (QED) is 0.684. The van der Waals surface area contributed by atoms with Gasteiger partial charge >= 0.3 is 0 Å². The molecule has 0 spiro atoms. The Morgan fingerprint density at radius 3 is 3.15 bits per heavy atom. The predicted molar refractivity (Wildman–Crippen MR) is 54.9 cm³/mol. The molecule has 13 heavy (non-hydrogen) atoms. The van der Waals surface area contributed by atoms with Crippen LogP contribution in [0.4, 0.5) is 0 Å². The van der Waals surface area contributed by atoms with Crippen molar-refractivity contribution in [3.05, 3.63) is 12.7 Å². The molecule has 2 rings (SSSR count). The van der Waals surface area contributed by atoms with E-state index in [2.05, 4.69) is 6.58 Å². The van der Waals surface area contributed by atoms with Crippen molar-refractivity contribution in [1.29, 1.82) is 0 Å². The minimum absolute atomic E-state index is 0.00574. The van der Waals surface area contributed by atoms with Crippen LogP contribution in [0.15, 0.2) is 12.7 Å². The van der Waals surface area contributed by atoms with Gasteiger partial charge in [0.1, 0.15) is 0 Å². The van der Waals surface area contributed by atoms with E-state index in [0.717, 1.165) is 18.6 Å². The van der Waals surface area contributed by atoms with E-state index < -0.39 is 0 Å². The number of fused-ring (bicyclic) bond motifs is 1. The Morgan fingerprint density at radius 1 is 1.62 bits per heavy atom. The van der Waals surface area contributed by atoms with Gasteiger partial charge in [0.15, 0.2) is 0 Å². The van der Waals surface area contributed by atoms with Gasteiger partial charge in [-0.3, -0.25) is 0 Å². The fraction of sp³-hybridized carbons (Fsp3) is 0.800. The molecule has 0 amide bonds. The summed E-state index contributed by atoms with van der Waals surface area (Å²) >= 11 is 1.93.